The fourth-order valence-electron chi connectivity index (χ4n) is 2.92. The minimum absolute atomic E-state index is 0.00872. The first-order valence-corrected chi connectivity index (χ1v) is 8.49. The molecule has 0 spiro atoms. The molecule has 0 radical (unpaired) electrons. The van der Waals surface area contributed by atoms with Crippen LogP contribution in [0.4, 0.5) is 4.79 Å². The Labute approximate surface area is 134 Å². The predicted molar refractivity (Wildman–Crippen MR) is 90.9 cm³/mol. The van der Waals surface area contributed by atoms with Crippen molar-refractivity contribution in [2.45, 2.75) is 52.1 Å². The van der Waals surface area contributed by atoms with Gasteiger partial charge in [0.25, 0.3) is 0 Å². The van der Waals surface area contributed by atoms with Crippen LogP contribution < -0.4 is 10.6 Å². The van der Waals surface area contributed by atoms with Crippen LogP contribution in [0.25, 0.3) is 0 Å². The molecule has 0 bridgehead atoms. The molecule has 1 aromatic carbocycles. The monoisotopic (exact) mass is 303 g/mol. The molecule has 122 valence electrons. The van der Waals surface area contributed by atoms with Crippen molar-refractivity contribution in [3.05, 3.63) is 35.4 Å². The third-order valence-electron chi connectivity index (χ3n) is 4.23. The van der Waals surface area contributed by atoms with E-state index in [1.54, 1.807) is 0 Å². The summed E-state index contributed by atoms with van der Waals surface area (Å²) in [6, 6.07) is 9.02. The van der Waals surface area contributed by atoms with Crippen LogP contribution in [0, 0.1) is 6.92 Å². The van der Waals surface area contributed by atoms with Gasteiger partial charge < -0.3 is 10.6 Å². The van der Waals surface area contributed by atoms with Gasteiger partial charge in [0.1, 0.15) is 0 Å². The van der Waals surface area contributed by atoms with Gasteiger partial charge in [0.15, 0.2) is 0 Å². The van der Waals surface area contributed by atoms with E-state index in [1.165, 1.54) is 11.1 Å². The molecule has 22 heavy (non-hydrogen) atoms. The largest absolute Gasteiger partial charge is 0.338 e. The van der Waals surface area contributed by atoms with Gasteiger partial charge in [-0.2, -0.15) is 0 Å². The van der Waals surface area contributed by atoms with Gasteiger partial charge in [0.2, 0.25) is 0 Å². The third-order valence-corrected chi connectivity index (χ3v) is 4.23. The summed E-state index contributed by atoms with van der Waals surface area (Å²) in [6.45, 7) is 8.15. The molecule has 2 rings (SSSR count). The quantitative estimate of drug-likeness (QED) is 0.793. The number of rotatable bonds is 6. The smallest absolute Gasteiger partial charge is 0.315 e. The Kier molecular flexibility index (Phi) is 6.72. The molecule has 1 saturated heterocycles. The van der Waals surface area contributed by atoms with Crippen LogP contribution in [-0.4, -0.2) is 36.6 Å². The second-order valence-electron chi connectivity index (χ2n) is 6.29. The van der Waals surface area contributed by atoms with E-state index in [4.69, 9.17) is 0 Å². The zero-order valence-electron chi connectivity index (χ0n) is 13.9. The summed E-state index contributed by atoms with van der Waals surface area (Å²) in [5.74, 6) is 0. The Balaban J connectivity index is 1.68. The lowest BCUT2D eigenvalue weighted by atomic mass is 10.0. The first-order valence-electron chi connectivity index (χ1n) is 8.49. The minimum Gasteiger partial charge on any atom is -0.338 e. The number of piperidine rings is 1. The lowest BCUT2D eigenvalue weighted by Crippen LogP contribution is -2.47. The van der Waals surface area contributed by atoms with E-state index < -0.39 is 0 Å². The number of urea groups is 1. The first kappa shape index (κ1) is 16.8. The Bertz CT molecular complexity index is 467. The number of likely N-dealkylation sites (tertiary alicyclic amines) is 1. The maximum Gasteiger partial charge on any atom is 0.315 e. The molecule has 4 nitrogen and oxygen atoms in total. The fourth-order valence-corrected chi connectivity index (χ4v) is 2.92. The zero-order chi connectivity index (χ0) is 15.8. The van der Waals surface area contributed by atoms with Crippen molar-refractivity contribution in [3.63, 3.8) is 0 Å². The fraction of sp³-hybridized carbons (Fsp3) is 0.611. The van der Waals surface area contributed by atoms with Gasteiger partial charge in [-0.15, -0.1) is 0 Å². The Morgan fingerprint density at radius 1 is 1.32 bits per heavy atom. The van der Waals surface area contributed by atoms with Crippen molar-refractivity contribution in [1.82, 2.24) is 15.5 Å². The minimum atomic E-state index is -0.00872. The van der Waals surface area contributed by atoms with Crippen LogP contribution in [0.3, 0.4) is 0 Å². The van der Waals surface area contributed by atoms with E-state index in [1.807, 2.05) is 0 Å². The average molecular weight is 303 g/mol. The van der Waals surface area contributed by atoms with Gasteiger partial charge >= 0.3 is 6.03 Å². The van der Waals surface area contributed by atoms with Gasteiger partial charge in [-0.1, -0.05) is 43.2 Å². The van der Waals surface area contributed by atoms with Crippen molar-refractivity contribution < 1.29 is 4.79 Å². The van der Waals surface area contributed by atoms with Crippen LogP contribution in [0.1, 0.15) is 43.7 Å². The van der Waals surface area contributed by atoms with Crippen molar-refractivity contribution in [2.75, 3.05) is 19.6 Å². The summed E-state index contributed by atoms with van der Waals surface area (Å²) in [7, 11) is 0. The van der Waals surface area contributed by atoms with Crippen molar-refractivity contribution >= 4 is 6.03 Å². The highest BCUT2D eigenvalue weighted by Crippen LogP contribution is 2.14. The molecular formula is C18H29N3O. The Morgan fingerprint density at radius 3 is 2.77 bits per heavy atom. The van der Waals surface area contributed by atoms with E-state index in [0.717, 1.165) is 51.9 Å². The average Bonchev–Trinajstić information content (AvgIpc) is 2.50. The molecule has 0 aromatic heterocycles. The summed E-state index contributed by atoms with van der Waals surface area (Å²) in [5, 5.41) is 6.02. The lowest BCUT2D eigenvalue weighted by Gasteiger charge is -2.32. The molecule has 1 aliphatic rings. The topological polar surface area (TPSA) is 44.4 Å². The second kappa shape index (κ2) is 8.79. The molecule has 2 amide bonds. The van der Waals surface area contributed by atoms with E-state index in [0.29, 0.717) is 6.04 Å². The van der Waals surface area contributed by atoms with Crippen LogP contribution in [0.15, 0.2) is 24.3 Å². The number of carbonyl (C=O) groups excluding carboxylic acids is 1. The molecule has 4 heteroatoms. The van der Waals surface area contributed by atoms with E-state index in [-0.39, 0.29) is 6.03 Å². The molecule has 0 unspecified atom stereocenters. The Hall–Kier alpha value is -1.55. The van der Waals surface area contributed by atoms with Gasteiger partial charge in [-0.3, -0.25) is 4.90 Å². The van der Waals surface area contributed by atoms with E-state index in [2.05, 4.69) is 53.6 Å². The first-order chi connectivity index (χ1) is 10.7. The molecule has 1 aromatic rings. The molecule has 0 atom stereocenters. The third kappa shape index (κ3) is 5.68. The Morgan fingerprint density at radius 2 is 2.09 bits per heavy atom. The normalized spacial score (nSPS) is 16.5. The summed E-state index contributed by atoms with van der Waals surface area (Å²) < 4.78 is 0. The summed E-state index contributed by atoms with van der Waals surface area (Å²) >= 11 is 0. The van der Waals surface area contributed by atoms with E-state index >= 15 is 0 Å². The van der Waals surface area contributed by atoms with E-state index in [9.17, 15) is 4.79 Å². The van der Waals surface area contributed by atoms with Crippen LogP contribution >= 0.6 is 0 Å². The van der Waals surface area contributed by atoms with Gasteiger partial charge in [0, 0.05) is 32.2 Å². The second-order valence-corrected chi connectivity index (χ2v) is 6.29. The lowest BCUT2D eigenvalue weighted by molar-refractivity contribution is 0.186. The summed E-state index contributed by atoms with van der Waals surface area (Å²) in [6.07, 6.45) is 4.22. The number of unbranched alkanes of at least 4 members (excludes halogenated alkanes) is 1. The SMILES string of the molecule is CCCCNC(=O)NC1CCN(Cc2cccc(C)c2)CC1. The highest BCUT2D eigenvalue weighted by atomic mass is 16.2. The van der Waals surface area contributed by atoms with Crippen molar-refractivity contribution in [3.8, 4) is 0 Å². The van der Waals surface area contributed by atoms with Crippen molar-refractivity contribution in [1.29, 1.82) is 0 Å². The summed E-state index contributed by atoms with van der Waals surface area (Å²) in [4.78, 5) is 14.2. The van der Waals surface area contributed by atoms with Crippen LogP contribution in [0.5, 0.6) is 0 Å². The highest BCUT2D eigenvalue weighted by Gasteiger charge is 2.20. The number of carbonyl (C=O) groups is 1. The number of amides is 2. The number of benzene rings is 1. The molecule has 0 aliphatic carbocycles. The predicted octanol–water partition coefficient (Wildman–Crippen LogP) is 3.06. The zero-order valence-corrected chi connectivity index (χ0v) is 13.9. The number of aryl methyl sites for hydroxylation is 1. The molecular weight excluding hydrogens is 274 g/mol. The highest BCUT2D eigenvalue weighted by molar-refractivity contribution is 5.74. The maximum absolute atomic E-state index is 11.8. The standard InChI is InChI=1S/C18H29N3O/c1-3-4-10-19-18(22)20-17-8-11-21(12-9-17)14-16-7-5-6-15(2)13-16/h5-7,13,17H,3-4,8-12,14H2,1-2H3,(H2,19,20,22). The van der Waals surface area contributed by atoms with Gasteiger partial charge in [0.05, 0.1) is 0 Å². The number of hydrogen-bond donors (Lipinski definition) is 2. The molecule has 1 heterocycles. The van der Waals surface area contributed by atoms with Gasteiger partial charge in [-0.05, 0) is 31.7 Å². The van der Waals surface area contributed by atoms with Crippen LogP contribution in [-0.2, 0) is 6.54 Å². The molecule has 1 fully saturated rings. The van der Waals surface area contributed by atoms with Gasteiger partial charge in [-0.25, -0.2) is 4.79 Å². The molecule has 1 aliphatic heterocycles. The summed E-state index contributed by atoms with van der Waals surface area (Å²) in [5.41, 5.74) is 2.70. The van der Waals surface area contributed by atoms with Crippen LogP contribution in [0.2, 0.25) is 0 Å². The molecule has 0 saturated carbocycles. The molecule has 2 N–H and O–H groups in total. The number of hydrogen-bond acceptors (Lipinski definition) is 2. The number of nitrogens with one attached hydrogen (secondary N) is 2. The number of nitrogens with zero attached hydrogens (tertiary/aromatic N) is 1. The maximum atomic E-state index is 11.8. The van der Waals surface area contributed by atoms with Crippen molar-refractivity contribution in [2.24, 2.45) is 0 Å².